The normalized spacial score (nSPS) is 15.6. The molecule has 0 bridgehead atoms. The maximum absolute atomic E-state index is 12.3. The maximum atomic E-state index is 12.3. The van der Waals surface area contributed by atoms with E-state index in [1.165, 1.54) is 0 Å². The molecule has 252 valence electrons. The van der Waals surface area contributed by atoms with Gasteiger partial charge < -0.3 is 9.47 Å². The molecule has 0 N–H and O–H groups in total. The van der Waals surface area contributed by atoms with E-state index in [-0.39, 0.29) is 22.8 Å². The van der Waals surface area contributed by atoms with Gasteiger partial charge in [0.1, 0.15) is 0 Å². The minimum atomic E-state index is -0.283. The summed E-state index contributed by atoms with van der Waals surface area (Å²) in [4.78, 5) is 24.7. The number of Topliss-reactive ketones (excluding diaryl/α,β-unsaturated/α-hetero) is 2. The van der Waals surface area contributed by atoms with Crippen LogP contribution in [0.1, 0.15) is 94.9 Å². The highest BCUT2D eigenvalue weighted by Crippen LogP contribution is 2.18. The van der Waals surface area contributed by atoms with Crippen molar-refractivity contribution in [2.24, 2.45) is 0 Å². The molecular weight excluding hydrogens is 568 g/mol. The third-order valence-electron chi connectivity index (χ3n) is 7.57. The van der Waals surface area contributed by atoms with Crippen molar-refractivity contribution in [1.29, 1.82) is 0 Å². The predicted molar refractivity (Wildman–Crippen MR) is 199 cm³/mol. The molecule has 0 heterocycles. The summed E-state index contributed by atoms with van der Waals surface area (Å²) in [6, 6.07) is 0. The van der Waals surface area contributed by atoms with Crippen LogP contribution in [0.5, 0.6) is 0 Å². The Kier molecular flexibility index (Phi) is 21.0. The Hall–Kier alpha value is -3.60. The van der Waals surface area contributed by atoms with E-state index >= 15 is 0 Å². The SMILES string of the molecule is COC(C)(C)CCC(=O)/C(C)=C/C=C/C(C)=C/C=C/C(C)=C/C=C/C=C(C)/C=C/C=C(C)/C=C/C=C(\C)C(=O)CCC(C)(C)OC. The number of carbonyl (C=O) groups excluding carboxylic acids is 2. The van der Waals surface area contributed by atoms with Gasteiger partial charge in [-0.1, -0.05) is 120 Å². The van der Waals surface area contributed by atoms with Gasteiger partial charge in [0.15, 0.2) is 11.6 Å². The van der Waals surface area contributed by atoms with Crippen LogP contribution in [0.15, 0.2) is 131 Å². The fraction of sp³-hybridized carbons (Fsp3) is 0.429. The molecule has 4 nitrogen and oxygen atoms in total. The summed E-state index contributed by atoms with van der Waals surface area (Å²) in [5.41, 5.74) is 5.42. The molecule has 0 rings (SSSR count). The van der Waals surface area contributed by atoms with Crippen molar-refractivity contribution in [1.82, 2.24) is 0 Å². The Labute approximate surface area is 281 Å². The fourth-order valence-electron chi connectivity index (χ4n) is 3.64. The number of carbonyl (C=O) groups is 2. The fourth-order valence-corrected chi connectivity index (χ4v) is 3.64. The average molecular weight is 629 g/mol. The van der Waals surface area contributed by atoms with E-state index < -0.39 is 0 Å². The van der Waals surface area contributed by atoms with Crippen LogP contribution in [0.2, 0.25) is 0 Å². The van der Waals surface area contributed by atoms with Crippen LogP contribution in [-0.2, 0) is 19.1 Å². The maximum Gasteiger partial charge on any atom is 0.158 e. The zero-order chi connectivity index (χ0) is 35.2. The first kappa shape index (κ1) is 42.4. The molecule has 0 radical (unpaired) electrons. The molecule has 4 heteroatoms. The minimum Gasteiger partial charge on any atom is -0.379 e. The molecule has 0 aliphatic carbocycles. The largest absolute Gasteiger partial charge is 0.379 e. The molecule has 0 unspecified atom stereocenters. The minimum absolute atomic E-state index is 0.148. The molecule has 46 heavy (non-hydrogen) atoms. The second-order valence-electron chi connectivity index (χ2n) is 12.9. The zero-order valence-corrected chi connectivity index (χ0v) is 30.7. The lowest BCUT2D eigenvalue weighted by Gasteiger charge is -2.22. The molecule has 0 aliphatic rings. The highest BCUT2D eigenvalue weighted by atomic mass is 16.5. The standard InChI is InChI=1S/C42H60O4/c1-33(21-15-23-35(3)25-17-27-37(5)39(43)29-31-41(7,8)45-11)19-13-14-20-34(2)22-16-24-36(4)26-18-28-38(6)40(44)30-32-42(9,10)46-12/h13-28H,29-32H2,1-12H3/b14-13+,21-15+,22-16+,25-17+,26-18+,33-19+,34-20+,35-23+,36-24+,37-27+,38-28+. The Balaban J connectivity index is 4.85. The topological polar surface area (TPSA) is 52.6 Å². The van der Waals surface area contributed by atoms with Crippen LogP contribution >= 0.6 is 0 Å². The summed E-state index contributed by atoms with van der Waals surface area (Å²) >= 11 is 0. The van der Waals surface area contributed by atoms with Gasteiger partial charge in [-0.25, -0.2) is 0 Å². The van der Waals surface area contributed by atoms with Crippen LogP contribution in [0.4, 0.5) is 0 Å². The van der Waals surface area contributed by atoms with Crippen LogP contribution in [-0.4, -0.2) is 37.0 Å². The molecule has 0 saturated carbocycles. The summed E-state index contributed by atoms with van der Waals surface area (Å²) in [7, 11) is 3.35. The summed E-state index contributed by atoms with van der Waals surface area (Å²) < 4.78 is 10.8. The number of hydrogen-bond acceptors (Lipinski definition) is 4. The molecule has 0 spiro atoms. The summed E-state index contributed by atoms with van der Waals surface area (Å²) in [6.45, 7) is 19.9. The number of allylic oxidation sites excluding steroid dienone is 22. The first-order valence-corrected chi connectivity index (χ1v) is 16.1. The van der Waals surface area contributed by atoms with Crippen molar-refractivity contribution in [2.75, 3.05) is 14.2 Å². The first-order valence-electron chi connectivity index (χ1n) is 16.1. The van der Waals surface area contributed by atoms with E-state index in [1.807, 2.05) is 128 Å². The van der Waals surface area contributed by atoms with Gasteiger partial charge in [0.25, 0.3) is 0 Å². The van der Waals surface area contributed by atoms with Gasteiger partial charge in [-0.15, -0.1) is 0 Å². The molecule has 0 amide bonds. The second kappa shape index (κ2) is 22.8. The molecule has 0 fully saturated rings. The lowest BCUT2D eigenvalue weighted by molar-refractivity contribution is -0.117. The summed E-state index contributed by atoms with van der Waals surface area (Å²) in [5.74, 6) is 0.296. The van der Waals surface area contributed by atoms with Crippen LogP contribution < -0.4 is 0 Å². The number of ketones is 2. The second-order valence-corrected chi connectivity index (χ2v) is 12.9. The molecule has 0 saturated heterocycles. The van der Waals surface area contributed by atoms with Crippen molar-refractivity contribution in [3.05, 3.63) is 131 Å². The van der Waals surface area contributed by atoms with Crippen LogP contribution in [0.3, 0.4) is 0 Å². The van der Waals surface area contributed by atoms with Gasteiger partial charge in [0.05, 0.1) is 11.2 Å². The first-order chi connectivity index (χ1) is 21.5. The quantitative estimate of drug-likeness (QED) is 0.0994. The van der Waals surface area contributed by atoms with Gasteiger partial charge in [0, 0.05) is 27.1 Å². The number of hydrogen-bond donors (Lipinski definition) is 0. The lowest BCUT2D eigenvalue weighted by atomic mass is 9.98. The van der Waals surface area contributed by atoms with Gasteiger partial charge in [-0.3, -0.25) is 9.59 Å². The van der Waals surface area contributed by atoms with E-state index in [4.69, 9.17) is 9.47 Å². The number of rotatable bonds is 20. The Morgan fingerprint density at radius 2 is 0.717 bits per heavy atom. The summed E-state index contributed by atoms with van der Waals surface area (Å²) in [5, 5.41) is 0. The zero-order valence-electron chi connectivity index (χ0n) is 30.7. The average Bonchev–Trinajstić information content (AvgIpc) is 3.00. The van der Waals surface area contributed by atoms with Gasteiger partial charge in [-0.2, -0.15) is 0 Å². The van der Waals surface area contributed by atoms with E-state index in [1.54, 1.807) is 14.2 Å². The van der Waals surface area contributed by atoms with E-state index in [9.17, 15) is 9.59 Å². The van der Waals surface area contributed by atoms with Gasteiger partial charge in [0.2, 0.25) is 0 Å². The van der Waals surface area contributed by atoms with Crippen molar-refractivity contribution in [3.8, 4) is 0 Å². The van der Waals surface area contributed by atoms with E-state index in [0.29, 0.717) is 25.7 Å². The van der Waals surface area contributed by atoms with Gasteiger partial charge >= 0.3 is 0 Å². The third-order valence-corrected chi connectivity index (χ3v) is 7.57. The monoisotopic (exact) mass is 628 g/mol. The highest BCUT2D eigenvalue weighted by molar-refractivity contribution is 5.95. The highest BCUT2D eigenvalue weighted by Gasteiger charge is 2.19. The predicted octanol–water partition coefficient (Wildman–Crippen LogP) is 11.0. The van der Waals surface area contributed by atoms with Crippen molar-refractivity contribution in [3.63, 3.8) is 0 Å². The van der Waals surface area contributed by atoms with Crippen LogP contribution in [0, 0.1) is 0 Å². The van der Waals surface area contributed by atoms with E-state index in [0.717, 1.165) is 33.4 Å². The van der Waals surface area contributed by atoms with Crippen molar-refractivity contribution < 1.29 is 19.1 Å². The van der Waals surface area contributed by atoms with E-state index in [2.05, 4.69) is 38.2 Å². The smallest absolute Gasteiger partial charge is 0.158 e. The summed E-state index contributed by atoms with van der Waals surface area (Å²) in [6.07, 6.45) is 34.4. The molecule has 0 aromatic heterocycles. The molecule has 0 atom stereocenters. The molecular formula is C42H60O4. The number of ether oxygens (including phenoxy) is 2. The van der Waals surface area contributed by atoms with Crippen molar-refractivity contribution in [2.45, 2.75) is 106 Å². The third kappa shape index (κ3) is 22.0. The number of methoxy groups -OCH3 is 2. The van der Waals surface area contributed by atoms with Crippen LogP contribution in [0.25, 0.3) is 0 Å². The van der Waals surface area contributed by atoms with Gasteiger partial charge in [-0.05, 0) is 93.2 Å². The Morgan fingerprint density at radius 3 is 1.00 bits per heavy atom. The molecule has 0 aromatic rings. The van der Waals surface area contributed by atoms with Crippen molar-refractivity contribution >= 4 is 11.6 Å². The lowest BCUT2D eigenvalue weighted by Crippen LogP contribution is -2.23. The Bertz CT molecular complexity index is 1220. The Morgan fingerprint density at radius 1 is 0.457 bits per heavy atom. The molecule has 0 aliphatic heterocycles. The molecule has 0 aromatic carbocycles.